The summed E-state index contributed by atoms with van der Waals surface area (Å²) >= 11 is 0. The predicted octanol–water partition coefficient (Wildman–Crippen LogP) is 3.82. The SMILES string of the molecule is CC(C)C(=O)C1=C(O)C(=O)N(c2ccc(C#N)cc2)C1c1ccc(F)cc1. The van der Waals surface area contributed by atoms with E-state index in [1.54, 1.807) is 38.1 Å². The highest BCUT2D eigenvalue weighted by Gasteiger charge is 2.44. The Morgan fingerprint density at radius 2 is 1.74 bits per heavy atom. The van der Waals surface area contributed by atoms with Crippen LogP contribution in [0, 0.1) is 23.1 Å². The molecule has 0 fully saturated rings. The fourth-order valence-corrected chi connectivity index (χ4v) is 3.09. The summed E-state index contributed by atoms with van der Waals surface area (Å²) in [5.74, 6) is -2.55. The molecule has 0 saturated carbocycles. The standard InChI is InChI=1S/C21H17FN2O3/c1-12(2)19(25)17-18(14-5-7-15(22)8-6-14)24(21(27)20(17)26)16-9-3-13(11-23)4-10-16/h3-10,12,18,26H,1-2H3. The minimum absolute atomic E-state index is 0.00836. The number of carbonyl (C=O) groups excluding carboxylic acids is 2. The highest BCUT2D eigenvalue weighted by atomic mass is 19.1. The lowest BCUT2D eigenvalue weighted by molar-refractivity contribution is -0.119. The van der Waals surface area contributed by atoms with Gasteiger partial charge in [0.25, 0.3) is 5.91 Å². The number of amides is 1. The van der Waals surface area contributed by atoms with Gasteiger partial charge in [-0.25, -0.2) is 4.39 Å². The van der Waals surface area contributed by atoms with Crippen molar-refractivity contribution < 1.29 is 19.1 Å². The van der Waals surface area contributed by atoms with Gasteiger partial charge in [0.05, 0.1) is 23.2 Å². The minimum atomic E-state index is -0.874. The van der Waals surface area contributed by atoms with Crippen molar-refractivity contribution in [2.24, 2.45) is 5.92 Å². The molecule has 2 aromatic rings. The Hall–Kier alpha value is -3.46. The van der Waals surface area contributed by atoms with Crippen LogP contribution in [0.3, 0.4) is 0 Å². The molecule has 5 nitrogen and oxygen atoms in total. The molecule has 0 saturated heterocycles. The van der Waals surface area contributed by atoms with Crippen LogP contribution >= 0.6 is 0 Å². The van der Waals surface area contributed by atoms with Gasteiger partial charge in [-0.3, -0.25) is 14.5 Å². The van der Waals surface area contributed by atoms with E-state index in [0.29, 0.717) is 16.8 Å². The first-order valence-electron chi connectivity index (χ1n) is 8.41. The molecule has 1 unspecified atom stereocenters. The lowest BCUT2D eigenvalue weighted by Gasteiger charge is -2.27. The average Bonchev–Trinajstić information content (AvgIpc) is 2.93. The van der Waals surface area contributed by atoms with Crippen molar-refractivity contribution in [1.82, 2.24) is 0 Å². The van der Waals surface area contributed by atoms with Gasteiger partial charge < -0.3 is 5.11 Å². The van der Waals surface area contributed by atoms with Gasteiger partial charge in [-0.2, -0.15) is 5.26 Å². The van der Waals surface area contributed by atoms with Crippen LogP contribution in [-0.2, 0) is 9.59 Å². The maximum Gasteiger partial charge on any atom is 0.294 e. The lowest BCUT2D eigenvalue weighted by Crippen LogP contribution is -2.31. The van der Waals surface area contributed by atoms with Crippen molar-refractivity contribution in [2.45, 2.75) is 19.9 Å². The van der Waals surface area contributed by atoms with Crippen LogP contribution in [-0.4, -0.2) is 16.8 Å². The summed E-state index contributed by atoms with van der Waals surface area (Å²) in [6.07, 6.45) is 0. The Morgan fingerprint density at radius 3 is 2.26 bits per heavy atom. The van der Waals surface area contributed by atoms with E-state index < -0.39 is 29.4 Å². The molecule has 1 N–H and O–H groups in total. The summed E-state index contributed by atoms with van der Waals surface area (Å²) in [7, 11) is 0. The number of carbonyl (C=O) groups is 2. The number of aliphatic hydroxyl groups excluding tert-OH is 1. The molecule has 3 rings (SSSR count). The summed E-state index contributed by atoms with van der Waals surface area (Å²) in [6, 6.07) is 12.8. The Balaban J connectivity index is 2.16. The summed E-state index contributed by atoms with van der Waals surface area (Å²) in [6.45, 7) is 3.36. The van der Waals surface area contributed by atoms with Crippen LogP contribution in [0.15, 0.2) is 59.9 Å². The zero-order valence-electron chi connectivity index (χ0n) is 14.8. The molecule has 1 amide bonds. The second-order valence-electron chi connectivity index (χ2n) is 6.57. The molecular formula is C21H17FN2O3. The van der Waals surface area contributed by atoms with E-state index in [4.69, 9.17) is 5.26 Å². The van der Waals surface area contributed by atoms with Gasteiger partial charge in [0.1, 0.15) is 5.82 Å². The Morgan fingerprint density at radius 1 is 1.15 bits per heavy atom. The summed E-state index contributed by atoms with van der Waals surface area (Å²) in [5, 5.41) is 19.4. The third kappa shape index (κ3) is 3.20. The second kappa shape index (κ2) is 7.04. The number of Topliss-reactive ketones (excluding diaryl/α,β-unsaturated/α-hetero) is 1. The van der Waals surface area contributed by atoms with Gasteiger partial charge >= 0.3 is 0 Å². The predicted molar refractivity (Wildman–Crippen MR) is 97.3 cm³/mol. The number of hydrogen-bond donors (Lipinski definition) is 1. The second-order valence-corrected chi connectivity index (χ2v) is 6.57. The van der Waals surface area contributed by atoms with Crippen LogP contribution in [0.4, 0.5) is 10.1 Å². The molecule has 27 heavy (non-hydrogen) atoms. The van der Waals surface area contributed by atoms with Crippen molar-refractivity contribution in [1.29, 1.82) is 5.26 Å². The zero-order chi connectivity index (χ0) is 19.7. The number of benzene rings is 2. The monoisotopic (exact) mass is 364 g/mol. The molecule has 0 radical (unpaired) electrons. The summed E-state index contributed by atoms with van der Waals surface area (Å²) in [4.78, 5) is 26.8. The van der Waals surface area contributed by atoms with Crippen molar-refractivity contribution in [3.8, 4) is 6.07 Å². The molecule has 0 aromatic heterocycles. The van der Waals surface area contributed by atoms with E-state index in [1.165, 1.54) is 29.2 Å². The normalized spacial score (nSPS) is 16.8. The number of nitriles is 1. The lowest BCUT2D eigenvalue weighted by atomic mass is 9.91. The molecule has 136 valence electrons. The van der Waals surface area contributed by atoms with Crippen molar-refractivity contribution in [3.63, 3.8) is 0 Å². The number of rotatable bonds is 4. The number of aliphatic hydroxyl groups is 1. The van der Waals surface area contributed by atoms with E-state index in [9.17, 15) is 19.1 Å². The van der Waals surface area contributed by atoms with Gasteiger partial charge in [0.15, 0.2) is 11.5 Å². The molecule has 0 spiro atoms. The molecule has 6 heteroatoms. The van der Waals surface area contributed by atoms with Crippen LogP contribution in [0.2, 0.25) is 0 Å². The van der Waals surface area contributed by atoms with Crippen LogP contribution in [0.5, 0.6) is 0 Å². The Kier molecular flexibility index (Phi) is 4.78. The highest BCUT2D eigenvalue weighted by molar-refractivity contribution is 6.16. The fourth-order valence-electron chi connectivity index (χ4n) is 3.09. The van der Waals surface area contributed by atoms with E-state index in [-0.39, 0.29) is 11.4 Å². The maximum absolute atomic E-state index is 13.4. The maximum atomic E-state index is 13.4. The summed E-state index contributed by atoms with van der Waals surface area (Å²) < 4.78 is 13.4. The molecule has 1 heterocycles. The minimum Gasteiger partial charge on any atom is -0.503 e. The van der Waals surface area contributed by atoms with Crippen LogP contribution < -0.4 is 4.90 Å². The Bertz CT molecular complexity index is 970. The molecular weight excluding hydrogens is 347 g/mol. The van der Waals surface area contributed by atoms with Gasteiger partial charge in [-0.15, -0.1) is 0 Å². The van der Waals surface area contributed by atoms with Crippen molar-refractivity contribution in [3.05, 3.63) is 76.8 Å². The fraction of sp³-hybridized carbons (Fsp3) is 0.190. The van der Waals surface area contributed by atoms with E-state index in [2.05, 4.69) is 0 Å². The first-order chi connectivity index (χ1) is 12.8. The van der Waals surface area contributed by atoms with Crippen molar-refractivity contribution in [2.75, 3.05) is 4.90 Å². The van der Waals surface area contributed by atoms with Gasteiger partial charge in [0.2, 0.25) is 0 Å². The van der Waals surface area contributed by atoms with Gasteiger partial charge in [-0.05, 0) is 42.0 Å². The van der Waals surface area contributed by atoms with Crippen molar-refractivity contribution >= 4 is 17.4 Å². The van der Waals surface area contributed by atoms with Crippen LogP contribution in [0.1, 0.15) is 31.0 Å². The molecule has 1 atom stereocenters. The zero-order valence-corrected chi connectivity index (χ0v) is 14.8. The smallest absolute Gasteiger partial charge is 0.294 e. The first kappa shape index (κ1) is 18.3. The largest absolute Gasteiger partial charge is 0.503 e. The Labute approximate surface area is 156 Å². The number of anilines is 1. The van der Waals surface area contributed by atoms with E-state index in [1.807, 2.05) is 6.07 Å². The molecule has 2 aromatic carbocycles. The third-order valence-corrected chi connectivity index (χ3v) is 4.46. The molecule has 0 aliphatic carbocycles. The number of hydrogen-bond acceptors (Lipinski definition) is 4. The average molecular weight is 364 g/mol. The third-order valence-electron chi connectivity index (χ3n) is 4.46. The van der Waals surface area contributed by atoms with Crippen LogP contribution in [0.25, 0.3) is 0 Å². The van der Waals surface area contributed by atoms with Gasteiger partial charge in [0, 0.05) is 11.6 Å². The summed E-state index contributed by atoms with van der Waals surface area (Å²) in [5.41, 5.74) is 1.33. The molecule has 1 aliphatic rings. The highest BCUT2D eigenvalue weighted by Crippen LogP contribution is 2.41. The molecule has 1 aliphatic heterocycles. The van der Waals surface area contributed by atoms with E-state index in [0.717, 1.165) is 0 Å². The number of ketones is 1. The molecule has 0 bridgehead atoms. The topological polar surface area (TPSA) is 81.4 Å². The first-order valence-corrected chi connectivity index (χ1v) is 8.41. The van der Waals surface area contributed by atoms with E-state index >= 15 is 0 Å². The van der Waals surface area contributed by atoms with Gasteiger partial charge in [-0.1, -0.05) is 26.0 Å². The number of nitrogens with zero attached hydrogens (tertiary/aromatic N) is 2. The number of halogens is 1. The quantitative estimate of drug-likeness (QED) is 0.894.